The van der Waals surface area contributed by atoms with Crippen LogP contribution in [-0.2, 0) is 4.43 Å². The molecule has 0 heterocycles. The number of hydrogen-bond acceptors (Lipinski definition) is 2. The summed E-state index contributed by atoms with van der Waals surface area (Å²) in [5.41, 5.74) is -0.784. The first-order valence-corrected chi connectivity index (χ1v) is 8.12. The van der Waals surface area contributed by atoms with E-state index < -0.39 is 13.9 Å². The minimum absolute atomic E-state index is 0.784. The summed E-state index contributed by atoms with van der Waals surface area (Å²) < 4.78 is 5.90. The van der Waals surface area contributed by atoms with E-state index in [1.807, 2.05) is 32.6 Å². The summed E-state index contributed by atoms with van der Waals surface area (Å²) in [7, 11) is -1.69. The second kappa shape index (κ2) is 4.04. The van der Waals surface area contributed by atoms with Crippen LogP contribution < -0.4 is 0 Å². The van der Waals surface area contributed by atoms with Crippen LogP contribution in [0.3, 0.4) is 0 Å². The fourth-order valence-corrected chi connectivity index (χ4v) is 2.84. The van der Waals surface area contributed by atoms with Crippen molar-refractivity contribution in [3.63, 3.8) is 0 Å². The molecule has 0 aliphatic heterocycles. The van der Waals surface area contributed by atoms with Gasteiger partial charge in [-0.3, -0.25) is 0 Å². The zero-order valence-corrected chi connectivity index (χ0v) is 10.2. The normalized spacial score (nSPS) is 23.1. The van der Waals surface area contributed by atoms with Crippen molar-refractivity contribution in [1.29, 1.82) is 5.26 Å². The molecule has 0 aromatic carbocycles. The molecule has 3 heteroatoms. The van der Waals surface area contributed by atoms with Crippen molar-refractivity contribution < 1.29 is 4.43 Å². The quantitative estimate of drug-likeness (QED) is 0.665. The van der Waals surface area contributed by atoms with Gasteiger partial charge in [-0.2, -0.15) is 5.26 Å². The monoisotopic (exact) mass is 206 g/mol. The third-order valence-electron chi connectivity index (χ3n) is 1.94. The molecule has 1 saturated carbocycles. The predicted molar refractivity (Wildman–Crippen MR) is 58.9 cm³/mol. The maximum atomic E-state index is 9.17. The van der Waals surface area contributed by atoms with Crippen molar-refractivity contribution in [2.45, 2.75) is 32.2 Å². The Labute approximate surface area is 88.4 Å². The van der Waals surface area contributed by atoms with E-state index in [4.69, 9.17) is 9.69 Å². The average Bonchev–Trinajstić information content (AvgIpc) is 2.53. The van der Waals surface area contributed by atoms with Gasteiger partial charge in [0.2, 0.25) is 0 Å². The highest BCUT2D eigenvalue weighted by molar-refractivity contribution is 6.69. The first kappa shape index (κ1) is 11.7. The summed E-state index contributed by atoms with van der Waals surface area (Å²) in [6, 6.07) is 2.25. The van der Waals surface area contributed by atoms with Crippen LogP contribution in [0.15, 0.2) is 0 Å². The lowest BCUT2D eigenvalue weighted by molar-refractivity contribution is 0.163. The Morgan fingerprint density at radius 1 is 1.29 bits per heavy atom. The minimum atomic E-state index is -1.69. The molecule has 75 valence electrons. The van der Waals surface area contributed by atoms with Gasteiger partial charge in [-0.25, -0.2) is 0 Å². The van der Waals surface area contributed by atoms with Gasteiger partial charge in [0.05, 0.1) is 6.07 Å². The van der Waals surface area contributed by atoms with Crippen LogP contribution in [-0.4, -0.2) is 13.9 Å². The standard InChI is InChI=1S/C11H16NOSi/c1-11(9-12,13-14(2,3)4)10-7-5-6-8-10/h5-8H,1-4H3. The zero-order chi connectivity index (χ0) is 10.8. The molecule has 1 atom stereocenters. The molecular weight excluding hydrogens is 190 g/mol. The molecule has 1 aliphatic carbocycles. The van der Waals surface area contributed by atoms with Crippen molar-refractivity contribution in [2.75, 3.05) is 0 Å². The molecule has 1 unspecified atom stereocenters. The molecule has 1 aliphatic rings. The van der Waals surface area contributed by atoms with Crippen molar-refractivity contribution in [3.05, 3.63) is 31.6 Å². The fourth-order valence-electron chi connectivity index (χ4n) is 1.45. The molecule has 0 bridgehead atoms. The summed E-state index contributed by atoms with van der Waals surface area (Å²) in [6.45, 7) is 8.10. The summed E-state index contributed by atoms with van der Waals surface area (Å²) in [4.78, 5) is 0. The molecule has 14 heavy (non-hydrogen) atoms. The van der Waals surface area contributed by atoms with E-state index >= 15 is 0 Å². The number of rotatable bonds is 3. The SMILES string of the molecule is CC(C#N)(O[Si](C)(C)C)[C]1[CH][CH][CH][CH]1. The molecule has 2 nitrogen and oxygen atoms in total. The Balaban J connectivity index is 2.71. The molecular formula is C11H16NOSi. The topological polar surface area (TPSA) is 33.0 Å². The van der Waals surface area contributed by atoms with Gasteiger partial charge in [0, 0.05) is 5.92 Å². The van der Waals surface area contributed by atoms with Crippen LogP contribution in [0, 0.1) is 42.9 Å². The predicted octanol–water partition coefficient (Wildman–Crippen LogP) is 2.53. The van der Waals surface area contributed by atoms with Crippen LogP contribution in [0.25, 0.3) is 0 Å². The molecule has 0 spiro atoms. The van der Waals surface area contributed by atoms with Crippen LogP contribution in [0.5, 0.6) is 0 Å². The van der Waals surface area contributed by atoms with E-state index in [9.17, 15) is 0 Å². The van der Waals surface area contributed by atoms with Gasteiger partial charge in [0.1, 0.15) is 5.60 Å². The Morgan fingerprint density at radius 2 is 1.79 bits per heavy atom. The van der Waals surface area contributed by atoms with Crippen molar-refractivity contribution in [1.82, 2.24) is 0 Å². The van der Waals surface area contributed by atoms with Gasteiger partial charge in [0.15, 0.2) is 8.32 Å². The van der Waals surface area contributed by atoms with E-state index in [1.165, 1.54) is 0 Å². The van der Waals surface area contributed by atoms with Crippen LogP contribution >= 0.6 is 0 Å². The Bertz CT molecular complexity index is 235. The van der Waals surface area contributed by atoms with Gasteiger partial charge in [-0.1, -0.05) is 0 Å². The van der Waals surface area contributed by atoms with Crippen molar-refractivity contribution >= 4 is 8.32 Å². The van der Waals surface area contributed by atoms with Gasteiger partial charge in [-0.05, 0) is 52.2 Å². The van der Waals surface area contributed by atoms with Crippen LogP contribution in [0.1, 0.15) is 6.92 Å². The zero-order valence-electron chi connectivity index (χ0n) is 9.16. The summed E-state index contributed by atoms with van der Waals surface area (Å²) >= 11 is 0. The van der Waals surface area contributed by atoms with E-state index in [-0.39, 0.29) is 0 Å². The first-order chi connectivity index (χ1) is 6.37. The van der Waals surface area contributed by atoms with E-state index in [0.717, 1.165) is 5.92 Å². The summed E-state index contributed by atoms with van der Waals surface area (Å²) in [5.74, 6) is 0.947. The summed E-state index contributed by atoms with van der Waals surface area (Å²) in [6.07, 6.45) is 7.73. The van der Waals surface area contributed by atoms with Gasteiger partial charge < -0.3 is 4.43 Å². The maximum Gasteiger partial charge on any atom is 0.185 e. The highest BCUT2D eigenvalue weighted by Crippen LogP contribution is 2.37. The first-order valence-electron chi connectivity index (χ1n) is 4.71. The van der Waals surface area contributed by atoms with Crippen LogP contribution in [0.2, 0.25) is 19.6 Å². The Hall–Kier alpha value is -0.333. The lowest BCUT2D eigenvalue weighted by atomic mass is 9.89. The largest absolute Gasteiger partial charge is 0.400 e. The van der Waals surface area contributed by atoms with E-state index in [0.29, 0.717) is 0 Å². The van der Waals surface area contributed by atoms with Crippen molar-refractivity contribution in [2.24, 2.45) is 0 Å². The molecule has 0 aromatic heterocycles. The third kappa shape index (κ3) is 2.83. The number of nitrogens with zero attached hydrogens (tertiary/aromatic N) is 1. The highest BCUT2D eigenvalue weighted by atomic mass is 28.4. The second-order valence-electron chi connectivity index (χ2n) is 4.53. The molecule has 0 N–H and O–H groups in total. The van der Waals surface area contributed by atoms with E-state index in [1.54, 1.807) is 0 Å². The molecule has 5 radical (unpaired) electrons. The fraction of sp³-hybridized carbons (Fsp3) is 0.455. The van der Waals surface area contributed by atoms with Crippen LogP contribution in [0.4, 0.5) is 0 Å². The lowest BCUT2D eigenvalue weighted by Gasteiger charge is -2.34. The highest BCUT2D eigenvalue weighted by Gasteiger charge is 2.41. The smallest absolute Gasteiger partial charge is 0.185 e. The third-order valence-corrected chi connectivity index (χ3v) is 2.96. The second-order valence-corrected chi connectivity index (χ2v) is 8.96. The van der Waals surface area contributed by atoms with E-state index in [2.05, 4.69) is 25.7 Å². The molecule has 1 rings (SSSR count). The molecule has 0 aromatic rings. The lowest BCUT2D eigenvalue weighted by Crippen LogP contribution is -2.43. The van der Waals surface area contributed by atoms with Crippen molar-refractivity contribution in [3.8, 4) is 6.07 Å². The molecule has 0 saturated heterocycles. The molecule has 1 fully saturated rings. The number of nitriles is 1. The number of hydrogen-bond donors (Lipinski definition) is 0. The Kier molecular flexibility index (Phi) is 3.39. The van der Waals surface area contributed by atoms with Gasteiger partial charge in [0.25, 0.3) is 0 Å². The maximum absolute atomic E-state index is 9.17. The average molecular weight is 206 g/mol. The molecule has 0 amide bonds. The minimum Gasteiger partial charge on any atom is -0.400 e. The summed E-state index contributed by atoms with van der Waals surface area (Å²) in [5, 5.41) is 9.17. The Morgan fingerprint density at radius 3 is 2.14 bits per heavy atom. The van der Waals surface area contributed by atoms with Gasteiger partial charge >= 0.3 is 0 Å². The van der Waals surface area contributed by atoms with Gasteiger partial charge in [-0.15, -0.1) is 0 Å².